The van der Waals surface area contributed by atoms with Crippen molar-refractivity contribution in [2.75, 3.05) is 0 Å². The second-order valence-corrected chi connectivity index (χ2v) is 5.39. The summed E-state index contributed by atoms with van der Waals surface area (Å²) >= 11 is 0. The minimum atomic E-state index is -0.158. The molecular weight excluding hydrogens is 247 g/mol. The second-order valence-electron chi connectivity index (χ2n) is 5.39. The van der Waals surface area contributed by atoms with Crippen LogP contribution in [0.4, 0.5) is 0 Å². The first-order chi connectivity index (χ1) is 8.66. The second kappa shape index (κ2) is 16.5. The van der Waals surface area contributed by atoms with E-state index in [9.17, 15) is 4.79 Å². The van der Waals surface area contributed by atoms with Crippen LogP contribution >= 0.6 is 0 Å². The van der Waals surface area contributed by atoms with Gasteiger partial charge in [0.15, 0.2) is 0 Å². The van der Waals surface area contributed by atoms with Crippen molar-refractivity contribution in [2.24, 2.45) is 0 Å². The number of hydrogen-bond donors (Lipinski definition) is 0. The van der Waals surface area contributed by atoms with E-state index in [-0.39, 0.29) is 41.6 Å². The zero-order valence-electron chi connectivity index (χ0n) is 13.7. The summed E-state index contributed by atoms with van der Waals surface area (Å²) in [6.07, 6.45) is 14.6. The number of unbranched alkanes of at least 4 members (excludes halogenated alkanes) is 9. The molecule has 1 atom stereocenters. The summed E-state index contributed by atoms with van der Waals surface area (Å²) in [5, 5.41) is 0. The van der Waals surface area contributed by atoms with E-state index in [0.29, 0.717) is 0 Å². The van der Waals surface area contributed by atoms with Gasteiger partial charge in [0.05, 0.1) is 6.10 Å². The fourth-order valence-electron chi connectivity index (χ4n) is 2.26. The molecule has 0 bridgehead atoms. The fourth-order valence-corrected chi connectivity index (χ4v) is 2.26. The van der Waals surface area contributed by atoms with Gasteiger partial charge in [-0.3, -0.25) is 4.79 Å². The first kappa shape index (κ1) is 21.8. The molecule has 0 heterocycles. The number of carbonyl (C=O) groups excluding carboxylic acids is 1. The van der Waals surface area contributed by atoms with Crippen LogP contribution in [0.15, 0.2) is 0 Å². The van der Waals surface area contributed by atoms with Gasteiger partial charge >= 0.3 is 5.97 Å². The van der Waals surface area contributed by atoms with E-state index in [0.717, 1.165) is 6.42 Å². The Balaban J connectivity index is 0. The Morgan fingerprint density at radius 3 is 1.74 bits per heavy atom. The van der Waals surface area contributed by atoms with Gasteiger partial charge in [0.2, 0.25) is 0 Å². The summed E-state index contributed by atoms with van der Waals surface area (Å²) in [5.74, 6) is -0.158. The molecular formula is C16H32NaO2. The molecule has 0 aliphatic rings. The molecule has 0 aromatic rings. The standard InChI is InChI=1S/C16H32O2.Na/c1-4-5-6-7-8-9-10-11-12-13-14-15(2)18-16(3)17;/h15H,4-14H2,1-3H3;. The van der Waals surface area contributed by atoms with Crippen molar-refractivity contribution < 1.29 is 9.53 Å². The predicted molar refractivity (Wildman–Crippen MR) is 83.4 cm³/mol. The molecule has 0 aliphatic heterocycles. The van der Waals surface area contributed by atoms with Gasteiger partial charge in [-0.25, -0.2) is 0 Å². The van der Waals surface area contributed by atoms with Gasteiger partial charge < -0.3 is 4.74 Å². The van der Waals surface area contributed by atoms with Crippen molar-refractivity contribution in [1.29, 1.82) is 0 Å². The van der Waals surface area contributed by atoms with Crippen molar-refractivity contribution in [3.63, 3.8) is 0 Å². The number of hydrogen-bond acceptors (Lipinski definition) is 2. The van der Waals surface area contributed by atoms with Crippen LogP contribution in [0.1, 0.15) is 91.4 Å². The summed E-state index contributed by atoms with van der Waals surface area (Å²) < 4.78 is 5.09. The molecule has 109 valence electrons. The molecule has 0 rings (SSSR count). The van der Waals surface area contributed by atoms with Crippen LogP contribution in [-0.4, -0.2) is 41.6 Å². The van der Waals surface area contributed by atoms with E-state index in [1.807, 2.05) is 6.92 Å². The van der Waals surface area contributed by atoms with Crippen molar-refractivity contribution in [3.8, 4) is 0 Å². The van der Waals surface area contributed by atoms with Crippen LogP contribution in [0, 0.1) is 0 Å². The Morgan fingerprint density at radius 2 is 1.32 bits per heavy atom. The molecule has 0 spiro atoms. The van der Waals surface area contributed by atoms with Crippen LogP contribution in [0.3, 0.4) is 0 Å². The average molecular weight is 279 g/mol. The minimum Gasteiger partial charge on any atom is -0.463 e. The van der Waals surface area contributed by atoms with Crippen molar-refractivity contribution in [1.82, 2.24) is 0 Å². The molecule has 1 radical (unpaired) electrons. The number of carbonyl (C=O) groups is 1. The molecule has 3 heteroatoms. The molecule has 1 unspecified atom stereocenters. The van der Waals surface area contributed by atoms with E-state index >= 15 is 0 Å². The van der Waals surface area contributed by atoms with E-state index in [2.05, 4.69) is 6.92 Å². The van der Waals surface area contributed by atoms with Crippen LogP contribution in [0.2, 0.25) is 0 Å². The van der Waals surface area contributed by atoms with Gasteiger partial charge in [-0.05, 0) is 19.8 Å². The third-order valence-corrected chi connectivity index (χ3v) is 3.33. The minimum absolute atomic E-state index is 0. The molecule has 0 aromatic heterocycles. The fraction of sp³-hybridized carbons (Fsp3) is 0.938. The molecule has 0 N–H and O–H groups in total. The average Bonchev–Trinajstić information content (AvgIpc) is 2.30. The van der Waals surface area contributed by atoms with Crippen molar-refractivity contribution >= 4 is 35.5 Å². The Kier molecular flexibility index (Phi) is 18.9. The smallest absolute Gasteiger partial charge is 0.302 e. The van der Waals surface area contributed by atoms with E-state index in [1.54, 1.807) is 0 Å². The molecule has 0 amide bonds. The van der Waals surface area contributed by atoms with Crippen LogP contribution in [0.25, 0.3) is 0 Å². The SMILES string of the molecule is CCCCCCCCCCCCC(C)OC(C)=O.[Na]. The number of rotatable bonds is 12. The molecule has 0 fully saturated rings. The van der Waals surface area contributed by atoms with Gasteiger partial charge in [0, 0.05) is 36.5 Å². The molecule has 0 saturated carbocycles. The van der Waals surface area contributed by atoms with Gasteiger partial charge in [-0.15, -0.1) is 0 Å². The maximum Gasteiger partial charge on any atom is 0.302 e. The van der Waals surface area contributed by atoms with Gasteiger partial charge in [0.25, 0.3) is 0 Å². The van der Waals surface area contributed by atoms with Crippen molar-refractivity contribution in [3.05, 3.63) is 0 Å². The zero-order valence-corrected chi connectivity index (χ0v) is 15.7. The van der Waals surface area contributed by atoms with Gasteiger partial charge in [-0.2, -0.15) is 0 Å². The monoisotopic (exact) mass is 279 g/mol. The topological polar surface area (TPSA) is 26.3 Å². The molecule has 2 nitrogen and oxygen atoms in total. The summed E-state index contributed by atoms with van der Waals surface area (Å²) in [6.45, 7) is 5.72. The first-order valence-corrected chi connectivity index (χ1v) is 7.84. The summed E-state index contributed by atoms with van der Waals surface area (Å²) in [6, 6.07) is 0. The normalized spacial score (nSPS) is 11.7. The van der Waals surface area contributed by atoms with Crippen LogP contribution in [-0.2, 0) is 9.53 Å². The third-order valence-electron chi connectivity index (χ3n) is 3.33. The van der Waals surface area contributed by atoms with E-state index < -0.39 is 0 Å². The molecule has 19 heavy (non-hydrogen) atoms. The summed E-state index contributed by atoms with van der Waals surface area (Å²) in [7, 11) is 0. The number of ether oxygens (including phenoxy) is 1. The van der Waals surface area contributed by atoms with Gasteiger partial charge in [-0.1, -0.05) is 64.7 Å². The maximum absolute atomic E-state index is 10.7. The Morgan fingerprint density at radius 1 is 0.895 bits per heavy atom. The summed E-state index contributed by atoms with van der Waals surface area (Å²) in [4.78, 5) is 10.7. The summed E-state index contributed by atoms with van der Waals surface area (Å²) in [5.41, 5.74) is 0. The molecule has 0 saturated heterocycles. The Bertz CT molecular complexity index is 195. The Labute approximate surface area is 142 Å². The third kappa shape index (κ3) is 18.5. The maximum atomic E-state index is 10.7. The number of esters is 1. The Hall–Kier alpha value is 0.470. The van der Waals surface area contributed by atoms with E-state index in [1.165, 1.54) is 71.1 Å². The van der Waals surface area contributed by atoms with Crippen LogP contribution < -0.4 is 0 Å². The predicted octanol–water partition coefficient (Wildman–Crippen LogP) is 4.87. The largest absolute Gasteiger partial charge is 0.463 e. The zero-order chi connectivity index (χ0) is 13.6. The van der Waals surface area contributed by atoms with E-state index in [4.69, 9.17) is 4.74 Å². The van der Waals surface area contributed by atoms with Crippen LogP contribution in [0.5, 0.6) is 0 Å². The first-order valence-electron chi connectivity index (χ1n) is 7.84. The molecule has 0 aromatic carbocycles. The van der Waals surface area contributed by atoms with Crippen molar-refractivity contribution in [2.45, 2.75) is 97.5 Å². The molecule has 0 aliphatic carbocycles. The quantitative estimate of drug-likeness (QED) is 0.289. The van der Waals surface area contributed by atoms with Gasteiger partial charge in [0.1, 0.15) is 0 Å².